The van der Waals surface area contributed by atoms with Gasteiger partial charge < -0.3 is 9.42 Å². The van der Waals surface area contributed by atoms with E-state index in [0.717, 1.165) is 27.9 Å². The normalized spacial score (nSPS) is 17.0. The van der Waals surface area contributed by atoms with Crippen LogP contribution in [0, 0.1) is 20.8 Å². The molecule has 5 nitrogen and oxygen atoms in total. The number of amides is 1. The maximum atomic E-state index is 12.6. The fraction of sp³-hybridized carbons (Fsp3) is 0.286. The van der Waals surface area contributed by atoms with Gasteiger partial charge >= 0.3 is 0 Å². The number of aryl methyl sites for hydroxylation is 3. The number of nitrogens with zero attached hydrogens (tertiary/aromatic N) is 3. The van der Waals surface area contributed by atoms with Gasteiger partial charge in [-0.1, -0.05) is 40.5 Å². The Morgan fingerprint density at radius 1 is 1.11 bits per heavy atom. The lowest BCUT2D eigenvalue weighted by Crippen LogP contribution is -2.25. The highest BCUT2D eigenvalue weighted by Gasteiger charge is 2.35. The third kappa shape index (κ3) is 3.35. The maximum Gasteiger partial charge on any atom is 0.232 e. The summed E-state index contributed by atoms with van der Waals surface area (Å²) >= 11 is 6.12. The number of halogens is 1. The molecule has 6 heteroatoms. The molecule has 138 valence electrons. The summed E-state index contributed by atoms with van der Waals surface area (Å²) in [4.78, 5) is 18.9. The molecule has 0 N–H and O–H groups in total. The Labute approximate surface area is 163 Å². The second-order valence-corrected chi connectivity index (χ2v) is 7.55. The molecule has 2 aromatic carbocycles. The minimum Gasteiger partial charge on any atom is -0.339 e. The van der Waals surface area contributed by atoms with Crippen LogP contribution in [0.2, 0.25) is 5.02 Å². The first-order valence-corrected chi connectivity index (χ1v) is 9.28. The van der Waals surface area contributed by atoms with E-state index in [-0.39, 0.29) is 11.8 Å². The third-order valence-corrected chi connectivity index (χ3v) is 5.25. The molecule has 0 spiro atoms. The molecule has 1 unspecified atom stereocenters. The molecule has 1 amide bonds. The second kappa shape index (κ2) is 6.82. The van der Waals surface area contributed by atoms with Crippen molar-refractivity contribution in [1.29, 1.82) is 0 Å². The first-order valence-electron chi connectivity index (χ1n) is 8.90. The monoisotopic (exact) mass is 381 g/mol. The van der Waals surface area contributed by atoms with Crippen molar-refractivity contribution in [3.8, 4) is 11.4 Å². The zero-order chi connectivity index (χ0) is 19.1. The molecule has 27 heavy (non-hydrogen) atoms. The molecular weight excluding hydrogens is 362 g/mol. The molecule has 2 heterocycles. The Bertz CT molecular complexity index is 1030. The number of aromatic nitrogens is 2. The molecule has 1 aromatic heterocycles. The van der Waals surface area contributed by atoms with Gasteiger partial charge in [-0.3, -0.25) is 4.79 Å². The summed E-state index contributed by atoms with van der Waals surface area (Å²) in [5.74, 6) is 0.983. The van der Waals surface area contributed by atoms with Gasteiger partial charge in [0.2, 0.25) is 17.6 Å². The molecule has 0 saturated carbocycles. The summed E-state index contributed by atoms with van der Waals surface area (Å²) in [5.41, 5.74) is 5.03. The topological polar surface area (TPSA) is 59.2 Å². The highest BCUT2D eigenvalue weighted by Crippen LogP contribution is 2.34. The zero-order valence-corrected chi connectivity index (χ0v) is 16.2. The molecule has 1 atom stereocenters. The molecule has 3 aromatic rings. The van der Waals surface area contributed by atoms with Crippen LogP contribution in [-0.4, -0.2) is 22.6 Å². The van der Waals surface area contributed by atoms with E-state index in [1.807, 2.05) is 51.1 Å². The Kier molecular flexibility index (Phi) is 4.48. The van der Waals surface area contributed by atoms with Gasteiger partial charge in [-0.2, -0.15) is 4.98 Å². The Morgan fingerprint density at radius 2 is 1.89 bits per heavy atom. The average molecular weight is 382 g/mol. The van der Waals surface area contributed by atoms with Crippen molar-refractivity contribution in [1.82, 2.24) is 10.1 Å². The fourth-order valence-corrected chi connectivity index (χ4v) is 3.63. The van der Waals surface area contributed by atoms with E-state index in [2.05, 4.69) is 16.2 Å². The summed E-state index contributed by atoms with van der Waals surface area (Å²) in [6.07, 6.45) is 0.348. The molecule has 0 radical (unpaired) electrons. The van der Waals surface area contributed by atoms with Crippen molar-refractivity contribution in [3.63, 3.8) is 0 Å². The third-order valence-electron chi connectivity index (χ3n) is 5.01. The average Bonchev–Trinajstić information content (AvgIpc) is 3.26. The van der Waals surface area contributed by atoms with E-state index in [1.165, 1.54) is 0 Å². The lowest BCUT2D eigenvalue weighted by molar-refractivity contribution is -0.117. The summed E-state index contributed by atoms with van der Waals surface area (Å²) < 4.78 is 5.52. The second-order valence-electron chi connectivity index (χ2n) is 7.11. The van der Waals surface area contributed by atoms with Crippen LogP contribution in [0.15, 0.2) is 40.9 Å². The van der Waals surface area contributed by atoms with Crippen molar-refractivity contribution in [2.45, 2.75) is 33.1 Å². The Balaban J connectivity index is 1.61. The first kappa shape index (κ1) is 17.7. The molecule has 1 fully saturated rings. The maximum absolute atomic E-state index is 12.6. The van der Waals surface area contributed by atoms with Gasteiger partial charge in [0.05, 0.1) is 5.92 Å². The minimum absolute atomic E-state index is 0.0388. The predicted molar refractivity (Wildman–Crippen MR) is 105 cm³/mol. The van der Waals surface area contributed by atoms with Crippen LogP contribution in [0.4, 0.5) is 5.69 Å². The molecule has 0 aliphatic carbocycles. The minimum atomic E-state index is -0.123. The van der Waals surface area contributed by atoms with Gasteiger partial charge in [0, 0.05) is 29.2 Å². The molecule has 1 saturated heterocycles. The Hall–Kier alpha value is -2.66. The van der Waals surface area contributed by atoms with Crippen LogP contribution >= 0.6 is 11.6 Å². The van der Waals surface area contributed by atoms with Gasteiger partial charge in [-0.25, -0.2) is 0 Å². The number of benzene rings is 2. The zero-order valence-electron chi connectivity index (χ0n) is 15.5. The van der Waals surface area contributed by atoms with E-state index in [0.29, 0.717) is 29.7 Å². The van der Waals surface area contributed by atoms with Gasteiger partial charge in [0.15, 0.2) is 0 Å². The van der Waals surface area contributed by atoms with Crippen LogP contribution in [-0.2, 0) is 4.79 Å². The highest BCUT2D eigenvalue weighted by molar-refractivity contribution is 6.31. The van der Waals surface area contributed by atoms with Crippen LogP contribution in [0.1, 0.15) is 34.9 Å². The van der Waals surface area contributed by atoms with Gasteiger partial charge in [0.1, 0.15) is 0 Å². The van der Waals surface area contributed by atoms with Crippen molar-refractivity contribution in [2.24, 2.45) is 0 Å². The molecule has 1 aliphatic rings. The quantitative estimate of drug-likeness (QED) is 0.651. The van der Waals surface area contributed by atoms with Crippen LogP contribution in [0.3, 0.4) is 0 Å². The Morgan fingerprint density at radius 3 is 2.70 bits per heavy atom. The summed E-state index contributed by atoms with van der Waals surface area (Å²) in [6.45, 7) is 6.53. The van der Waals surface area contributed by atoms with E-state index in [1.54, 1.807) is 4.90 Å². The fourth-order valence-electron chi connectivity index (χ4n) is 3.47. The van der Waals surface area contributed by atoms with Crippen molar-refractivity contribution >= 4 is 23.2 Å². The number of carbonyl (C=O) groups excluding carboxylic acids is 1. The number of hydrogen-bond acceptors (Lipinski definition) is 4. The number of anilines is 1. The van der Waals surface area contributed by atoms with E-state index in [4.69, 9.17) is 16.1 Å². The lowest BCUT2D eigenvalue weighted by atomic mass is 10.1. The van der Waals surface area contributed by atoms with Crippen LogP contribution < -0.4 is 4.90 Å². The van der Waals surface area contributed by atoms with E-state index < -0.39 is 0 Å². The van der Waals surface area contributed by atoms with Crippen molar-refractivity contribution < 1.29 is 9.32 Å². The van der Waals surface area contributed by atoms with E-state index in [9.17, 15) is 4.79 Å². The SMILES string of the molecule is Cc1ccc(C)c(-c2noc(C3CC(=O)N(c4cc(Cl)ccc4C)C3)n2)c1. The number of carbonyl (C=O) groups is 1. The summed E-state index contributed by atoms with van der Waals surface area (Å²) in [5, 5.41) is 4.76. The van der Waals surface area contributed by atoms with Crippen LogP contribution in [0.5, 0.6) is 0 Å². The number of hydrogen-bond donors (Lipinski definition) is 0. The molecular formula is C21H20ClN3O2. The largest absolute Gasteiger partial charge is 0.339 e. The standard InChI is InChI=1S/C21H20ClN3O2/c1-12-4-5-13(2)17(8-12)20-23-21(27-24-20)15-9-19(26)25(11-15)18-10-16(22)7-6-14(18)3/h4-8,10,15H,9,11H2,1-3H3. The van der Waals surface area contributed by atoms with Crippen molar-refractivity contribution in [3.05, 3.63) is 64.0 Å². The van der Waals surface area contributed by atoms with Crippen LogP contribution in [0.25, 0.3) is 11.4 Å². The van der Waals surface area contributed by atoms with Gasteiger partial charge in [-0.15, -0.1) is 0 Å². The first-order chi connectivity index (χ1) is 12.9. The van der Waals surface area contributed by atoms with Crippen molar-refractivity contribution in [2.75, 3.05) is 11.4 Å². The molecule has 4 rings (SSSR count). The summed E-state index contributed by atoms with van der Waals surface area (Å²) in [6, 6.07) is 11.7. The summed E-state index contributed by atoms with van der Waals surface area (Å²) in [7, 11) is 0. The lowest BCUT2D eigenvalue weighted by Gasteiger charge is -2.18. The van der Waals surface area contributed by atoms with Gasteiger partial charge in [-0.05, 0) is 50.1 Å². The smallest absolute Gasteiger partial charge is 0.232 e. The predicted octanol–water partition coefficient (Wildman–Crippen LogP) is 4.84. The van der Waals surface area contributed by atoms with Gasteiger partial charge in [0.25, 0.3) is 0 Å². The molecule has 0 bridgehead atoms. The van der Waals surface area contributed by atoms with E-state index >= 15 is 0 Å². The highest BCUT2D eigenvalue weighted by atomic mass is 35.5. The molecule has 1 aliphatic heterocycles. The number of rotatable bonds is 3.